The molecular formula is C18H21N3OS. The molecule has 1 aliphatic carbocycles. The predicted octanol–water partition coefficient (Wildman–Crippen LogP) is 3.00. The third-order valence-corrected chi connectivity index (χ3v) is 5.49. The third kappa shape index (κ3) is 3.15. The lowest BCUT2D eigenvalue weighted by Gasteiger charge is -2.26. The molecule has 2 aromatic rings. The summed E-state index contributed by atoms with van der Waals surface area (Å²) >= 11 is 1.93. The molecule has 0 radical (unpaired) electrons. The van der Waals surface area contributed by atoms with Crippen molar-refractivity contribution in [2.75, 3.05) is 24.6 Å². The number of carbonyl (C=O) groups is 1. The van der Waals surface area contributed by atoms with E-state index in [0.29, 0.717) is 5.92 Å². The fourth-order valence-electron chi connectivity index (χ4n) is 3.17. The SMILES string of the molecule is O=C(c1cnn(Cc2ccccc2)c1C1CC1)N1CCSCC1. The molecule has 4 nitrogen and oxygen atoms in total. The summed E-state index contributed by atoms with van der Waals surface area (Å²) in [5, 5.41) is 4.55. The summed E-state index contributed by atoms with van der Waals surface area (Å²) in [6, 6.07) is 10.3. The van der Waals surface area contributed by atoms with Crippen molar-refractivity contribution in [3.05, 3.63) is 53.3 Å². The monoisotopic (exact) mass is 327 g/mol. The minimum Gasteiger partial charge on any atom is -0.337 e. The minimum atomic E-state index is 0.173. The largest absolute Gasteiger partial charge is 0.337 e. The minimum absolute atomic E-state index is 0.173. The van der Waals surface area contributed by atoms with Gasteiger partial charge in [0.25, 0.3) is 5.91 Å². The van der Waals surface area contributed by atoms with Gasteiger partial charge >= 0.3 is 0 Å². The Hall–Kier alpha value is -1.75. The Kier molecular flexibility index (Phi) is 4.12. The van der Waals surface area contributed by atoms with Crippen LogP contribution in [0.4, 0.5) is 0 Å². The third-order valence-electron chi connectivity index (χ3n) is 4.55. The molecule has 0 spiro atoms. The smallest absolute Gasteiger partial charge is 0.257 e. The van der Waals surface area contributed by atoms with E-state index in [9.17, 15) is 4.79 Å². The van der Waals surface area contributed by atoms with Crippen LogP contribution in [0, 0.1) is 0 Å². The summed E-state index contributed by atoms with van der Waals surface area (Å²) in [7, 11) is 0. The molecule has 1 saturated carbocycles. The summed E-state index contributed by atoms with van der Waals surface area (Å²) in [6.45, 7) is 2.46. The molecule has 0 bridgehead atoms. The molecule has 1 aromatic heterocycles. The van der Waals surface area contributed by atoms with Crippen LogP contribution in [0.3, 0.4) is 0 Å². The Labute approximate surface area is 140 Å². The van der Waals surface area contributed by atoms with Crippen molar-refractivity contribution in [2.24, 2.45) is 0 Å². The highest BCUT2D eigenvalue weighted by Gasteiger charge is 2.34. The van der Waals surface area contributed by atoms with Gasteiger partial charge in [-0.25, -0.2) is 0 Å². The normalized spacial score (nSPS) is 18.2. The molecule has 4 rings (SSSR count). The molecular weight excluding hydrogens is 306 g/mol. The van der Waals surface area contributed by atoms with Crippen LogP contribution in [-0.4, -0.2) is 45.2 Å². The highest BCUT2D eigenvalue weighted by atomic mass is 32.2. The van der Waals surface area contributed by atoms with Gasteiger partial charge in [0.15, 0.2) is 0 Å². The van der Waals surface area contributed by atoms with E-state index in [1.807, 2.05) is 39.5 Å². The van der Waals surface area contributed by atoms with E-state index in [1.54, 1.807) is 6.20 Å². The van der Waals surface area contributed by atoms with Crippen LogP contribution in [-0.2, 0) is 6.54 Å². The summed E-state index contributed by atoms with van der Waals surface area (Å²) in [4.78, 5) is 14.9. The first kappa shape index (κ1) is 14.8. The number of benzene rings is 1. The maximum absolute atomic E-state index is 12.9. The average molecular weight is 327 g/mol. The zero-order valence-electron chi connectivity index (χ0n) is 13.1. The number of hydrogen-bond donors (Lipinski definition) is 0. The van der Waals surface area contributed by atoms with Crippen molar-refractivity contribution >= 4 is 17.7 Å². The molecule has 5 heteroatoms. The van der Waals surface area contributed by atoms with Gasteiger partial charge in [-0.15, -0.1) is 0 Å². The van der Waals surface area contributed by atoms with Crippen molar-refractivity contribution in [3.63, 3.8) is 0 Å². The molecule has 0 unspecified atom stereocenters. The molecule has 2 fully saturated rings. The maximum Gasteiger partial charge on any atom is 0.257 e. The Balaban J connectivity index is 1.61. The fourth-order valence-corrected chi connectivity index (χ4v) is 4.07. The number of hydrogen-bond acceptors (Lipinski definition) is 3. The summed E-state index contributed by atoms with van der Waals surface area (Å²) in [6.07, 6.45) is 4.15. The number of carbonyl (C=O) groups excluding carboxylic acids is 1. The first-order valence-electron chi connectivity index (χ1n) is 8.29. The number of nitrogens with zero attached hydrogens (tertiary/aromatic N) is 3. The van der Waals surface area contributed by atoms with Crippen molar-refractivity contribution in [1.82, 2.24) is 14.7 Å². The second-order valence-corrected chi connectivity index (χ2v) is 7.49. The van der Waals surface area contributed by atoms with Crippen LogP contribution in [0.1, 0.15) is 40.4 Å². The van der Waals surface area contributed by atoms with E-state index >= 15 is 0 Å². The van der Waals surface area contributed by atoms with Gasteiger partial charge in [0, 0.05) is 30.5 Å². The van der Waals surface area contributed by atoms with E-state index in [2.05, 4.69) is 17.2 Å². The molecule has 1 amide bonds. The van der Waals surface area contributed by atoms with Crippen molar-refractivity contribution in [1.29, 1.82) is 0 Å². The molecule has 1 aromatic carbocycles. The number of aromatic nitrogens is 2. The van der Waals surface area contributed by atoms with Crippen LogP contribution >= 0.6 is 11.8 Å². The second kappa shape index (κ2) is 6.40. The van der Waals surface area contributed by atoms with Crippen molar-refractivity contribution in [3.8, 4) is 0 Å². The van der Waals surface area contributed by atoms with Crippen LogP contribution in [0.15, 0.2) is 36.5 Å². The van der Waals surface area contributed by atoms with E-state index in [1.165, 1.54) is 18.4 Å². The Morgan fingerprint density at radius 1 is 1.17 bits per heavy atom. The Morgan fingerprint density at radius 2 is 1.91 bits per heavy atom. The van der Waals surface area contributed by atoms with E-state index in [-0.39, 0.29) is 5.91 Å². The van der Waals surface area contributed by atoms with Crippen LogP contribution in [0.5, 0.6) is 0 Å². The van der Waals surface area contributed by atoms with Gasteiger partial charge in [-0.2, -0.15) is 16.9 Å². The standard InChI is InChI=1S/C18H21N3OS/c22-18(20-8-10-23-11-9-20)16-12-19-21(17(16)15-6-7-15)13-14-4-2-1-3-5-14/h1-5,12,15H,6-11,13H2. The van der Waals surface area contributed by atoms with Crippen LogP contribution in [0.25, 0.3) is 0 Å². The summed E-state index contributed by atoms with van der Waals surface area (Å²) < 4.78 is 2.04. The summed E-state index contributed by atoms with van der Waals surface area (Å²) in [5.74, 6) is 2.77. The zero-order chi connectivity index (χ0) is 15.6. The lowest BCUT2D eigenvalue weighted by Crippen LogP contribution is -2.38. The molecule has 1 aliphatic heterocycles. The number of thioether (sulfide) groups is 1. The molecule has 120 valence electrons. The molecule has 2 heterocycles. The van der Waals surface area contributed by atoms with Gasteiger partial charge in [-0.3, -0.25) is 9.48 Å². The average Bonchev–Trinajstić information content (AvgIpc) is 3.37. The van der Waals surface area contributed by atoms with E-state index < -0.39 is 0 Å². The Morgan fingerprint density at radius 3 is 2.61 bits per heavy atom. The van der Waals surface area contributed by atoms with E-state index in [0.717, 1.165) is 42.4 Å². The van der Waals surface area contributed by atoms with Gasteiger partial charge in [0.05, 0.1) is 24.0 Å². The van der Waals surface area contributed by atoms with Gasteiger partial charge in [0.2, 0.25) is 0 Å². The number of rotatable bonds is 4. The number of amides is 1. The second-order valence-electron chi connectivity index (χ2n) is 6.27. The van der Waals surface area contributed by atoms with Crippen molar-refractivity contribution in [2.45, 2.75) is 25.3 Å². The highest BCUT2D eigenvalue weighted by Crippen LogP contribution is 2.42. The maximum atomic E-state index is 12.9. The fraction of sp³-hybridized carbons (Fsp3) is 0.444. The van der Waals surface area contributed by atoms with Crippen LogP contribution < -0.4 is 0 Å². The van der Waals surface area contributed by atoms with Gasteiger partial charge < -0.3 is 4.90 Å². The molecule has 0 N–H and O–H groups in total. The van der Waals surface area contributed by atoms with Gasteiger partial charge in [0.1, 0.15) is 0 Å². The topological polar surface area (TPSA) is 38.1 Å². The van der Waals surface area contributed by atoms with Crippen LogP contribution in [0.2, 0.25) is 0 Å². The Bertz CT molecular complexity index is 688. The van der Waals surface area contributed by atoms with Crippen molar-refractivity contribution < 1.29 is 4.79 Å². The molecule has 1 saturated heterocycles. The summed E-state index contributed by atoms with van der Waals surface area (Å²) in [5.41, 5.74) is 3.21. The highest BCUT2D eigenvalue weighted by molar-refractivity contribution is 7.99. The lowest BCUT2D eigenvalue weighted by atomic mass is 10.1. The molecule has 23 heavy (non-hydrogen) atoms. The molecule has 0 atom stereocenters. The van der Waals surface area contributed by atoms with E-state index in [4.69, 9.17) is 0 Å². The van der Waals surface area contributed by atoms with Gasteiger partial charge in [-0.1, -0.05) is 30.3 Å². The zero-order valence-corrected chi connectivity index (χ0v) is 14.0. The lowest BCUT2D eigenvalue weighted by molar-refractivity contribution is 0.0771. The quantitative estimate of drug-likeness (QED) is 0.866. The molecule has 2 aliphatic rings. The first-order chi connectivity index (χ1) is 11.3. The first-order valence-corrected chi connectivity index (χ1v) is 9.45. The predicted molar refractivity (Wildman–Crippen MR) is 93.0 cm³/mol. The van der Waals surface area contributed by atoms with Gasteiger partial charge in [-0.05, 0) is 18.4 Å².